The number of nitrogens with zero attached hydrogens (tertiary/aromatic N) is 2. The van der Waals surface area contributed by atoms with Crippen LogP contribution >= 0.6 is 23.1 Å². The lowest BCUT2D eigenvalue weighted by molar-refractivity contribution is 0.0737. The van der Waals surface area contributed by atoms with E-state index in [0.717, 1.165) is 30.2 Å². The number of thioether (sulfide) groups is 1. The molecular formula is C17H20N2OS2. The van der Waals surface area contributed by atoms with Gasteiger partial charge in [0, 0.05) is 22.5 Å². The summed E-state index contributed by atoms with van der Waals surface area (Å²) in [5.41, 5.74) is 0.695. The van der Waals surface area contributed by atoms with E-state index in [9.17, 15) is 4.79 Å². The summed E-state index contributed by atoms with van der Waals surface area (Å²) in [5, 5.41) is 0.978. The summed E-state index contributed by atoms with van der Waals surface area (Å²) in [6.45, 7) is 5.05. The predicted molar refractivity (Wildman–Crippen MR) is 92.7 cm³/mol. The van der Waals surface area contributed by atoms with Crippen LogP contribution in [0.25, 0.3) is 0 Å². The third kappa shape index (κ3) is 3.20. The maximum atomic E-state index is 12.8. The standard InChI is InChI=1S/C17H20N2OS2/c1-3-21-16-9-7-13(11-18-16)17(20)19-10-4-5-14(19)15-8-6-12(2)22-15/h6-9,11,14H,3-5,10H2,1-2H3. The largest absolute Gasteiger partial charge is 0.331 e. The maximum Gasteiger partial charge on any atom is 0.255 e. The molecule has 0 aliphatic carbocycles. The molecule has 2 aromatic rings. The average Bonchev–Trinajstić information content (AvgIpc) is 3.16. The number of aromatic nitrogens is 1. The minimum absolute atomic E-state index is 0.106. The van der Waals surface area contributed by atoms with E-state index < -0.39 is 0 Å². The number of carbonyl (C=O) groups is 1. The first-order valence-electron chi connectivity index (χ1n) is 7.65. The Morgan fingerprint density at radius 2 is 2.27 bits per heavy atom. The van der Waals surface area contributed by atoms with Gasteiger partial charge >= 0.3 is 0 Å². The van der Waals surface area contributed by atoms with Crippen molar-refractivity contribution in [3.05, 3.63) is 45.8 Å². The van der Waals surface area contributed by atoms with Gasteiger partial charge in [-0.3, -0.25) is 4.79 Å². The second-order valence-electron chi connectivity index (χ2n) is 5.42. The van der Waals surface area contributed by atoms with Gasteiger partial charge in [-0.2, -0.15) is 0 Å². The number of likely N-dealkylation sites (tertiary alicyclic amines) is 1. The van der Waals surface area contributed by atoms with Crippen LogP contribution in [0.3, 0.4) is 0 Å². The molecule has 22 heavy (non-hydrogen) atoms. The Bertz CT molecular complexity index is 651. The van der Waals surface area contributed by atoms with Gasteiger partial charge in [0.2, 0.25) is 0 Å². The molecule has 1 unspecified atom stereocenters. The third-order valence-corrected chi connectivity index (χ3v) is 5.81. The van der Waals surface area contributed by atoms with E-state index in [0.29, 0.717) is 5.56 Å². The Morgan fingerprint density at radius 3 is 2.91 bits per heavy atom. The molecule has 0 radical (unpaired) electrons. The van der Waals surface area contributed by atoms with Crippen LogP contribution in [0.5, 0.6) is 0 Å². The molecule has 1 fully saturated rings. The second kappa shape index (κ2) is 6.84. The zero-order valence-electron chi connectivity index (χ0n) is 12.9. The van der Waals surface area contributed by atoms with E-state index in [2.05, 4.69) is 31.0 Å². The van der Waals surface area contributed by atoms with E-state index in [1.165, 1.54) is 9.75 Å². The molecule has 3 nitrogen and oxygen atoms in total. The molecule has 5 heteroatoms. The van der Waals surface area contributed by atoms with Crippen LogP contribution in [0.4, 0.5) is 0 Å². The maximum absolute atomic E-state index is 12.8. The lowest BCUT2D eigenvalue weighted by Crippen LogP contribution is -2.30. The first-order valence-corrected chi connectivity index (χ1v) is 9.45. The molecular weight excluding hydrogens is 312 g/mol. The molecule has 1 aliphatic rings. The number of hydrogen-bond donors (Lipinski definition) is 0. The molecule has 3 rings (SSSR count). The Morgan fingerprint density at radius 1 is 1.41 bits per heavy atom. The molecule has 1 aliphatic heterocycles. The summed E-state index contributed by atoms with van der Waals surface area (Å²) in [7, 11) is 0. The number of hydrogen-bond acceptors (Lipinski definition) is 4. The summed E-state index contributed by atoms with van der Waals surface area (Å²) in [5.74, 6) is 1.10. The molecule has 0 bridgehead atoms. The molecule has 3 heterocycles. The predicted octanol–water partition coefficient (Wildman–Crippen LogP) is 4.54. The van der Waals surface area contributed by atoms with Crippen LogP contribution in [0.15, 0.2) is 35.5 Å². The Labute approximate surface area is 139 Å². The van der Waals surface area contributed by atoms with Crippen molar-refractivity contribution in [1.82, 2.24) is 9.88 Å². The lowest BCUT2D eigenvalue weighted by Gasteiger charge is -2.24. The molecule has 1 amide bonds. The minimum Gasteiger partial charge on any atom is -0.331 e. The van der Waals surface area contributed by atoms with Gasteiger partial charge in [-0.1, -0.05) is 6.92 Å². The Balaban J connectivity index is 1.78. The Kier molecular flexibility index (Phi) is 4.84. The number of thiophene rings is 1. The monoisotopic (exact) mass is 332 g/mol. The fourth-order valence-electron chi connectivity index (χ4n) is 2.84. The van der Waals surface area contributed by atoms with Crippen molar-refractivity contribution in [1.29, 1.82) is 0 Å². The molecule has 0 saturated carbocycles. The van der Waals surface area contributed by atoms with Gasteiger partial charge in [-0.05, 0) is 49.8 Å². The summed E-state index contributed by atoms with van der Waals surface area (Å²) < 4.78 is 0. The van der Waals surface area contributed by atoms with Crippen molar-refractivity contribution in [3.63, 3.8) is 0 Å². The van der Waals surface area contributed by atoms with Crippen molar-refractivity contribution >= 4 is 29.0 Å². The third-order valence-electron chi connectivity index (χ3n) is 3.88. The van der Waals surface area contributed by atoms with E-state index in [1.807, 2.05) is 17.0 Å². The molecule has 2 aromatic heterocycles. The van der Waals surface area contributed by atoms with E-state index in [1.54, 1.807) is 29.3 Å². The summed E-state index contributed by atoms with van der Waals surface area (Å²) in [6, 6.07) is 8.38. The summed E-state index contributed by atoms with van der Waals surface area (Å²) >= 11 is 3.49. The number of amides is 1. The Hall–Kier alpha value is -1.33. The topological polar surface area (TPSA) is 33.2 Å². The normalized spacial score (nSPS) is 17.9. The smallest absolute Gasteiger partial charge is 0.255 e. The van der Waals surface area contributed by atoms with Gasteiger partial charge in [0.25, 0.3) is 5.91 Å². The van der Waals surface area contributed by atoms with Crippen LogP contribution in [-0.4, -0.2) is 28.1 Å². The highest BCUT2D eigenvalue weighted by molar-refractivity contribution is 7.99. The van der Waals surface area contributed by atoms with E-state index >= 15 is 0 Å². The van der Waals surface area contributed by atoms with Crippen molar-refractivity contribution in [2.24, 2.45) is 0 Å². The quantitative estimate of drug-likeness (QED) is 0.771. The average molecular weight is 332 g/mol. The van der Waals surface area contributed by atoms with Crippen LogP contribution in [0.1, 0.15) is 45.9 Å². The molecule has 0 N–H and O–H groups in total. The van der Waals surface area contributed by atoms with Crippen LogP contribution in [-0.2, 0) is 0 Å². The van der Waals surface area contributed by atoms with Gasteiger partial charge in [0.05, 0.1) is 16.6 Å². The molecule has 1 atom stereocenters. The van der Waals surface area contributed by atoms with Crippen LogP contribution in [0.2, 0.25) is 0 Å². The van der Waals surface area contributed by atoms with E-state index in [-0.39, 0.29) is 11.9 Å². The fourth-order valence-corrected chi connectivity index (χ4v) is 4.46. The molecule has 0 spiro atoms. The van der Waals surface area contributed by atoms with Crippen LogP contribution in [0, 0.1) is 6.92 Å². The number of aryl methyl sites for hydroxylation is 1. The minimum atomic E-state index is 0.106. The first-order chi connectivity index (χ1) is 10.7. The van der Waals surface area contributed by atoms with Crippen molar-refractivity contribution in [2.75, 3.05) is 12.3 Å². The first kappa shape index (κ1) is 15.6. The van der Waals surface area contributed by atoms with Gasteiger partial charge in [0.15, 0.2) is 0 Å². The lowest BCUT2D eigenvalue weighted by atomic mass is 10.1. The molecule has 116 valence electrons. The molecule has 0 aromatic carbocycles. The fraction of sp³-hybridized carbons (Fsp3) is 0.412. The highest BCUT2D eigenvalue weighted by Crippen LogP contribution is 2.36. The van der Waals surface area contributed by atoms with Gasteiger partial charge in [0.1, 0.15) is 0 Å². The van der Waals surface area contributed by atoms with Crippen molar-refractivity contribution in [2.45, 2.75) is 37.8 Å². The number of pyridine rings is 1. The summed E-state index contributed by atoms with van der Waals surface area (Å²) in [4.78, 5) is 21.8. The zero-order valence-corrected chi connectivity index (χ0v) is 14.5. The highest BCUT2D eigenvalue weighted by atomic mass is 32.2. The van der Waals surface area contributed by atoms with Gasteiger partial charge in [-0.25, -0.2) is 4.98 Å². The van der Waals surface area contributed by atoms with Gasteiger partial charge < -0.3 is 4.90 Å². The second-order valence-corrected chi connectivity index (χ2v) is 8.03. The van der Waals surface area contributed by atoms with E-state index in [4.69, 9.17) is 0 Å². The highest BCUT2D eigenvalue weighted by Gasteiger charge is 2.31. The van der Waals surface area contributed by atoms with Crippen molar-refractivity contribution in [3.8, 4) is 0 Å². The number of carbonyl (C=O) groups excluding carboxylic acids is 1. The van der Waals surface area contributed by atoms with Crippen LogP contribution < -0.4 is 0 Å². The number of rotatable bonds is 4. The van der Waals surface area contributed by atoms with Crippen molar-refractivity contribution < 1.29 is 4.79 Å². The van der Waals surface area contributed by atoms with Gasteiger partial charge in [-0.15, -0.1) is 23.1 Å². The SMILES string of the molecule is CCSc1ccc(C(=O)N2CCCC2c2ccc(C)s2)cn1. The summed E-state index contributed by atoms with van der Waals surface area (Å²) in [6.07, 6.45) is 3.85. The molecule has 1 saturated heterocycles. The zero-order chi connectivity index (χ0) is 15.5.